The molecule has 0 bridgehead atoms. The highest BCUT2D eigenvalue weighted by Gasteiger charge is 2.37. The van der Waals surface area contributed by atoms with Gasteiger partial charge in [-0.15, -0.1) is 23.2 Å². The smallest absolute Gasteiger partial charge is 0.252 e. The molecule has 0 radical (unpaired) electrons. The highest BCUT2D eigenvalue weighted by Crippen LogP contribution is 2.33. The number of benzene rings is 2. The van der Waals surface area contributed by atoms with Crippen LogP contribution in [0.25, 0.3) is 0 Å². The van der Waals surface area contributed by atoms with Crippen molar-refractivity contribution in [1.29, 1.82) is 0 Å². The first-order valence-electron chi connectivity index (χ1n) is 7.31. The molecule has 0 saturated heterocycles. The topological polar surface area (TPSA) is 41.1 Å². The van der Waals surface area contributed by atoms with Gasteiger partial charge in [-0.3, -0.25) is 10.1 Å². The number of rotatable bonds is 6. The number of halogens is 5. The van der Waals surface area contributed by atoms with Crippen LogP contribution in [0.5, 0.6) is 0 Å². The third kappa shape index (κ3) is 6.21. The molecule has 0 heterocycles. The summed E-state index contributed by atoms with van der Waals surface area (Å²) in [6, 6.07) is 17.3. The lowest BCUT2D eigenvalue weighted by atomic mass is 10.1. The van der Waals surface area contributed by atoms with Gasteiger partial charge in [-0.2, -0.15) is 0 Å². The number of carbonyl (C=O) groups excluding carboxylic acids is 1. The Morgan fingerprint density at radius 1 is 0.880 bits per heavy atom. The van der Waals surface area contributed by atoms with E-state index in [2.05, 4.69) is 10.6 Å². The fraction of sp³-hybridized carbons (Fsp3) is 0.235. The Labute approximate surface area is 171 Å². The van der Waals surface area contributed by atoms with E-state index in [0.717, 1.165) is 5.56 Å². The van der Waals surface area contributed by atoms with Crippen LogP contribution in [0.1, 0.15) is 22.0 Å². The second kappa shape index (κ2) is 9.31. The summed E-state index contributed by atoms with van der Waals surface area (Å²) in [5.74, 6) is -0.392. The zero-order valence-corrected chi connectivity index (χ0v) is 16.6. The quantitative estimate of drug-likeness (QED) is 0.476. The predicted molar refractivity (Wildman–Crippen MR) is 106 cm³/mol. The first kappa shape index (κ1) is 20.6. The lowest BCUT2D eigenvalue weighted by Crippen LogP contribution is -2.55. The van der Waals surface area contributed by atoms with Crippen LogP contribution in [0.4, 0.5) is 0 Å². The Balaban J connectivity index is 2.21. The Morgan fingerprint density at radius 2 is 1.40 bits per heavy atom. The second-order valence-electron chi connectivity index (χ2n) is 5.20. The summed E-state index contributed by atoms with van der Waals surface area (Å²) >= 11 is 30.3. The summed E-state index contributed by atoms with van der Waals surface area (Å²) in [7, 11) is 0. The van der Waals surface area contributed by atoms with Gasteiger partial charge in [0.05, 0.1) is 6.04 Å². The van der Waals surface area contributed by atoms with Crippen molar-refractivity contribution < 1.29 is 4.79 Å². The van der Waals surface area contributed by atoms with Gasteiger partial charge in [0.1, 0.15) is 11.0 Å². The van der Waals surface area contributed by atoms with Crippen molar-refractivity contribution in [2.24, 2.45) is 0 Å². The van der Waals surface area contributed by atoms with Gasteiger partial charge >= 0.3 is 0 Å². The van der Waals surface area contributed by atoms with Gasteiger partial charge in [-0.25, -0.2) is 0 Å². The normalized spacial score (nSPS) is 14.2. The van der Waals surface area contributed by atoms with E-state index in [1.54, 1.807) is 30.3 Å². The summed E-state index contributed by atoms with van der Waals surface area (Å²) < 4.78 is -1.82. The van der Waals surface area contributed by atoms with Gasteiger partial charge in [-0.05, 0) is 17.7 Å². The van der Waals surface area contributed by atoms with Crippen LogP contribution in [-0.4, -0.2) is 20.7 Å². The van der Waals surface area contributed by atoms with Gasteiger partial charge in [-0.1, -0.05) is 83.3 Å². The van der Waals surface area contributed by atoms with Gasteiger partial charge in [0.15, 0.2) is 0 Å². The minimum atomic E-state index is -1.82. The summed E-state index contributed by atoms with van der Waals surface area (Å²) in [6.07, 6.45) is -1.02. The van der Waals surface area contributed by atoms with E-state index < -0.39 is 26.7 Å². The molecule has 0 spiro atoms. The molecule has 134 valence electrons. The molecule has 0 saturated carbocycles. The predicted octanol–water partition coefficient (Wildman–Crippen LogP) is 5.25. The first-order chi connectivity index (χ1) is 11.8. The molecule has 2 aromatic carbocycles. The van der Waals surface area contributed by atoms with E-state index >= 15 is 0 Å². The molecule has 2 N–H and O–H groups in total. The molecule has 8 heteroatoms. The standard InChI is InChI=1S/C17H15Cl5N2O/c18-14(19)13(11-7-3-1-4-8-11)23-16(17(20,21)22)24-15(25)12-9-5-2-6-10-12/h1-10,13-14,16,23H,(H,24,25)/t13-,16+/m0/s1. The summed E-state index contributed by atoms with van der Waals surface area (Å²) in [6.45, 7) is 0. The van der Waals surface area contributed by atoms with E-state index in [0.29, 0.717) is 5.56 Å². The lowest BCUT2D eigenvalue weighted by Gasteiger charge is -2.31. The Morgan fingerprint density at radius 3 is 1.88 bits per heavy atom. The summed E-state index contributed by atoms with van der Waals surface area (Å²) in [5.41, 5.74) is 1.24. The van der Waals surface area contributed by atoms with E-state index in [1.165, 1.54) is 0 Å². The average molecular weight is 441 g/mol. The van der Waals surface area contributed by atoms with Crippen molar-refractivity contribution in [3.8, 4) is 0 Å². The molecule has 25 heavy (non-hydrogen) atoms. The number of hydrogen-bond donors (Lipinski definition) is 2. The maximum atomic E-state index is 12.4. The Bertz CT molecular complexity index is 676. The van der Waals surface area contributed by atoms with Crippen molar-refractivity contribution in [2.75, 3.05) is 0 Å². The molecule has 2 rings (SSSR count). The minimum Gasteiger partial charge on any atom is -0.333 e. The molecule has 0 unspecified atom stereocenters. The molecule has 0 aliphatic heterocycles. The van der Waals surface area contributed by atoms with Crippen LogP contribution in [-0.2, 0) is 0 Å². The van der Waals surface area contributed by atoms with Gasteiger partial charge in [0, 0.05) is 5.56 Å². The van der Waals surface area contributed by atoms with Crippen molar-refractivity contribution >= 4 is 63.9 Å². The molecule has 0 aromatic heterocycles. The average Bonchev–Trinajstić information content (AvgIpc) is 2.58. The Hall–Kier alpha value is -0.680. The number of alkyl halides is 5. The highest BCUT2D eigenvalue weighted by molar-refractivity contribution is 6.68. The third-order valence-electron chi connectivity index (χ3n) is 3.40. The van der Waals surface area contributed by atoms with Crippen molar-refractivity contribution in [1.82, 2.24) is 10.6 Å². The fourth-order valence-corrected chi connectivity index (χ4v) is 2.97. The molecule has 3 nitrogen and oxygen atoms in total. The molecular weight excluding hydrogens is 425 g/mol. The molecule has 2 atom stereocenters. The lowest BCUT2D eigenvalue weighted by molar-refractivity contribution is 0.0926. The van der Waals surface area contributed by atoms with Crippen LogP contribution >= 0.6 is 58.0 Å². The zero-order chi connectivity index (χ0) is 18.4. The monoisotopic (exact) mass is 438 g/mol. The maximum Gasteiger partial charge on any atom is 0.252 e. The largest absolute Gasteiger partial charge is 0.333 e. The van der Waals surface area contributed by atoms with E-state index in [-0.39, 0.29) is 0 Å². The van der Waals surface area contributed by atoms with Crippen LogP contribution in [0, 0.1) is 0 Å². The first-order valence-corrected chi connectivity index (χ1v) is 9.31. The molecule has 2 aromatic rings. The SMILES string of the molecule is O=C(N[C@@H](N[C@@H](c1ccccc1)C(Cl)Cl)C(Cl)(Cl)Cl)c1ccccc1. The maximum absolute atomic E-state index is 12.4. The second-order valence-corrected chi connectivity index (χ2v) is 8.74. The third-order valence-corrected chi connectivity index (χ3v) is 4.55. The van der Waals surface area contributed by atoms with Crippen LogP contribution < -0.4 is 10.6 Å². The zero-order valence-electron chi connectivity index (χ0n) is 12.8. The van der Waals surface area contributed by atoms with Crippen molar-refractivity contribution in [3.63, 3.8) is 0 Å². The van der Waals surface area contributed by atoms with Gasteiger partial charge in [0.25, 0.3) is 5.91 Å². The minimum absolute atomic E-state index is 0.392. The molecule has 1 amide bonds. The van der Waals surface area contributed by atoms with Crippen molar-refractivity contribution in [2.45, 2.75) is 20.8 Å². The number of hydrogen-bond acceptors (Lipinski definition) is 2. The van der Waals surface area contributed by atoms with Crippen molar-refractivity contribution in [3.05, 3.63) is 71.8 Å². The molecule has 0 aliphatic carbocycles. The summed E-state index contributed by atoms with van der Waals surface area (Å²) in [5, 5.41) is 5.68. The van der Waals surface area contributed by atoms with Gasteiger partial charge < -0.3 is 5.32 Å². The van der Waals surface area contributed by atoms with Crippen LogP contribution in [0.3, 0.4) is 0 Å². The highest BCUT2D eigenvalue weighted by atomic mass is 35.6. The van der Waals surface area contributed by atoms with E-state index in [1.807, 2.05) is 30.3 Å². The van der Waals surface area contributed by atoms with Gasteiger partial charge in [0.2, 0.25) is 3.79 Å². The van der Waals surface area contributed by atoms with Crippen LogP contribution in [0.15, 0.2) is 60.7 Å². The van der Waals surface area contributed by atoms with E-state index in [4.69, 9.17) is 58.0 Å². The van der Waals surface area contributed by atoms with E-state index in [9.17, 15) is 4.79 Å². The molecule has 0 aliphatic rings. The Kier molecular flexibility index (Phi) is 7.68. The van der Waals surface area contributed by atoms with Crippen LogP contribution in [0.2, 0.25) is 0 Å². The molecular formula is C17H15Cl5N2O. The number of amides is 1. The number of carbonyl (C=O) groups is 1. The molecule has 0 fully saturated rings. The number of nitrogens with one attached hydrogen (secondary N) is 2. The fourth-order valence-electron chi connectivity index (χ4n) is 2.18. The summed E-state index contributed by atoms with van der Waals surface area (Å²) in [4.78, 5) is 11.6.